The number of amides is 2. The minimum Gasteiger partial charge on any atom is -0.356 e. The van der Waals surface area contributed by atoms with Crippen LogP contribution in [0.3, 0.4) is 0 Å². The summed E-state index contributed by atoms with van der Waals surface area (Å²) >= 11 is 0. The van der Waals surface area contributed by atoms with Crippen LogP contribution in [0.2, 0.25) is 0 Å². The molecule has 1 aliphatic rings. The average Bonchev–Trinajstić information content (AvgIpc) is 2.58. The number of piperidine rings is 1. The van der Waals surface area contributed by atoms with E-state index in [1.54, 1.807) is 4.90 Å². The van der Waals surface area contributed by atoms with Crippen molar-refractivity contribution >= 4 is 11.8 Å². The first-order valence-electron chi connectivity index (χ1n) is 8.35. The number of alkyl halides is 3. The highest BCUT2D eigenvalue weighted by molar-refractivity contribution is 5.95. The topological polar surface area (TPSA) is 62.3 Å². The van der Waals surface area contributed by atoms with Gasteiger partial charge in [0.1, 0.15) is 5.69 Å². The van der Waals surface area contributed by atoms with Gasteiger partial charge in [0.15, 0.2) is 0 Å². The van der Waals surface area contributed by atoms with Crippen LogP contribution in [0.15, 0.2) is 12.1 Å². The van der Waals surface area contributed by atoms with Crippen LogP contribution in [0.4, 0.5) is 13.2 Å². The van der Waals surface area contributed by atoms with Crippen LogP contribution in [0, 0.1) is 12.8 Å². The molecule has 25 heavy (non-hydrogen) atoms. The van der Waals surface area contributed by atoms with Gasteiger partial charge in [-0.1, -0.05) is 6.92 Å². The van der Waals surface area contributed by atoms with Gasteiger partial charge in [0.05, 0.1) is 11.3 Å². The van der Waals surface area contributed by atoms with Crippen molar-refractivity contribution in [2.45, 2.75) is 39.3 Å². The predicted octanol–water partition coefficient (Wildman–Crippen LogP) is 2.79. The Bertz CT molecular complexity index is 639. The number of halogens is 3. The minimum atomic E-state index is -4.53. The Hall–Kier alpha value is -2.12. The Morgan fingerprint density at radius 1 is 1.28 bits per heavy atom. The summed E-state index contributed by atoms with van der Waals surface area (Å²) in [4.78, 5) is 29.6. The van der Waals surface area contributed by atoms with Gasteiger partial charge in [-0.05, 0) is 38.3 Å². The van der Waals surface area contributed by atoms with Gasteiger partial charge in [0, 0.05) is 25.6 Å². The molecule has 1 aromatic heterocycles. The highest BCUT2D eigenvalue weighted by Crippen LogP contribution is 2.28. The summed E-state index contributed by atoms with van der Waals surface area (Å²) < 4.78 is 38.0. The molecule has 2 rings (SSSR count). The van der Waals surface area contributed by atoms with Crippen LogP contribution in [0.25, 0.3) is 0 Å². The molecular weight excluding hydrogens is 335 g/mol. The van der Waals surface area contributed by atoms with Crippen LogP contribution >= 0.6 is 0 Å². The van der Waals surface area contributed by atoms with E-state index in [9.17, 15) is 22.8 Å². The SMILES string of the molecule is CCCNC(=O)C1CCN(C(=O)c2ccc(C(F)(F)F)nc2C)CC1. The van der Waals surface area contributed by atoms with E-state index < -0.39 is 11.9 Å². The van der Waals surface area contributed by atoms with E-state index >= 15 is 0 Å². The molecule has 5 nitrogen and oxygen atoms in total. The molecule has 0 aromatic carbocycles. The number of nitrogens with one attached hydrogen (secondary N) is 1. The highest BCUT2D eigenvalue weighted by Gasteiger charge is 2.34. The Kier molecular flexibility index (Phi) is 6.02. The van der Waals surface area contributed by atoms with Crippen molar-refractivity contribution in [3.05, 3.63) is 29.1 Å². The average molecular weight is 357 g/mol. The predicted molar refractivity (Wildman–Crippen MR) is 85.9 cm³/mol. The second-order valence-electron chi connectivity index (χ2n) is 6.18. The fourth-order valence-electron chi connectivity index (χ4n) is 2.85. The Morgan fingerprint density at radius 2 is 1.92 bits per heavy atom. The zero-order chi connectivity index (χ0) is 18.6. The van der Waals surface area contributed by atoms with Gasteiger partial charge in [-0.2, -0.15) is 13.2 Å². The van der Waals surface area contributed by atoms with Crippen LogP contribution < -0.4 is 5.32 Å². The first-order chi connectivity index (χ1) is 11.7. The van der Waals surface area contributed by atoms with E-state index in [1.807, 2.05) is 6.92 Å². The van der Waals surface area contributed by atoms with E-state index in [4.69, 9.17) is 0 Å². The van der Waals surface area contributed by atoms with Gasteiger partial charge >= 0.3 is 6.18 Å². The van der Waals surface area contributed by atoms with E-state index in [0.717, 1.165) is 12.5 Å². The summed E-state index contributed by atoms with van der Waals surface area (Å²) in [7, 11) is 0. The fraction of sp³-hybridized carbons (Fsp3) is 0.588. The molecule has 0 saturated carbocycles. The zero-order valence-corrected chi connectivity index (χ0v) is 14.3. The van der Waals surface area contributed by atoms with E-state index in [1.165, 1.54) is 13.0 Å². The number of rotatable bonds is 4. The van der Waals surface area contributed by atoms with Crippen LogP contribution in [-0.4, -0.2) is 41.3 Å². The molecule has 2 amide bonds. The number of aromatic nitrogens is 1. The summed E-state index contributed by atoms with van der Waals surface area (Å²) in [6.45, 7) is 4.82. The number of carbonyl (C=O) groups excluding carboxylic acids is 2. The third kappa shape index (κ3) is 4.70. The molecule has 2 heterocycles. The monoisotopic (exact) mass is 357 g/mol. The maximum absolute atomic E-state index is 12.7. The van der Waals surface area contributed by atoms with Crippen molar-refractivity contribution in [2.75, 3.05) is 19.6 Å². The third-order valence-corrected chi connectivity index (χ3v) is 4.31. The standard InChI is InChI=1S/C17H22F3N3O2/c1-3-8-21-15(24)12-6-9-23(10-7-12)16(25)13-4-5-14(17(18,19)20)22-11(13)2/h4-5,12H,3,6-10H2,1-2H3,(H,21,24). The highest BCUT2D eigenvalue weighted by atomic mass is 19.4. The summed E-state index contributed by atoms with van der Waals surface area (Å²) in [6.07, 6.45) is -2.57. The Morgan fingerprint density at radius 3 is 2.44 bits per heavy atom. The summed E-state index contributed by atoms with van der Waals surface area (Å²) in [5.74, 6) is -0.463. The van der Waals surface area contributed by atoms with Crippen molar-refractivity contribution in [3.63, 3.8) is 0 Å². The molecule has 1 N–H and O–H groups in total. The van der Waals surface area contributed by atoms with E-state index in [2.05, 4.69) is 10.3 Å². The molecule has 0 bridgehead atoms. The minimum absolute atomic E-state index is 0.00123. The van der Waals surface area contributed by atoms with Gasteiger partial charge < -0.3 is 10.2 Å². The maximum atomic E-state index is 12.7. The van der Waals surface area contributed by atoms with Crippen molar-refractivity contribution in [1.82, 2.24) is 15.2 Å². The molecule has 138 valence electrons. The Labute approximate surface area is 144 Å². The normalized spacial score (nSPS) is 16.0. The number of nitrogens with zero attached hydrogens (tertiary/aromatic N) is 2. The molecule has 0 radical (unpaired) electrons. The second kappa shape index (κ2) is 7.84. The van der Waals surface area contributed by atoms with E-state index in [-0.39, 0.29) is 29.0 Å². The maximum Gasteiger partial charge on any atom is 0.433 e. The lowest BCUT2D eigenvalue weighted by Crippen LogP contribution is -2.43. The third-order valence-electron chi connectivity index (χ3n) is 4.31. The number of aryl methyl sites for hydroxylation is 1. The van der Waals surface area contributed by atoms with Gasteiger partial charge in [0.25, 0.3) is 5.91 Å². The summed E-state index contributed by atoms with van der Waals surface area (Å²) in [5, 5.41) is 2.85. The number of hydrogen-bond donors (Lipinski definition) is 1. The zero-order valence-electron chi connectivity index (χ0n) is 14.3. The first-order valence-corrected chi connectivity index (χ1v) is 8.35. The van der Waals surface area contributed by atoms with Gasteiger partial charge in [-0.25, -0.2) is 4.98 Å². The van der Waals surface area contributed by atoms with Crippen molar-refractivity contribution < 1.29 is 22.8 Å². The lowest BCUT2D eigenvalue weighted by atomic mass is 9.95. The largest absolute Gasteiger partial charge is 0.433 e. The number of likely N-dealkylation sites (tertiary alicyclic amines) is 1. The molecule has 0 atom stereocenters. The summed E-state index contributed by atoms with van der Waals surface area (Å²) in [5.41, 5.74) is -0.780. The van der Waals surface area contributed by atoms with Crippen LogP contribution in [0.5, 0.6) is 0 Å². The molecule has 0 aliphatic carbocycles. The number of pyridine rings is 1. The number of hydrogen-bond acceptors (Lipinski definition) is 3. The van der Waals surface area contributed by atoms with Crippen molar-refractivity contribution in [2.24, 2.45) is 5.92 Å². The van der Waals surface area contributed by atoms with Crippen LogP contribution in [-0.2, 0) is 11.0 Å². The van der Waals surface area contributed by atoms with Crippen molar-refractivity contribution in [3.8, 4) is 0 Å². The molecule has 1 fully saturated rings. The molecule has 0 spiro atoms. The molecule has 0 unspecified atom stereocenters. The van der Waals surface area contributed by atoms with E-state index in [0.29, 0.717) is 32.5 Å². The second-order valence-corrected chi connectivity index (χ2v) is 6.18. The lowest BCUT2D eigenvalue weighted by molar-refractivity contribution is -0.141. The first kappa shape index (κ1) is 19.2. The molecular formula is C17H22F3N3O2. The lowest BCUT2D eigenvalue weighted by Gasteiger charge is -2.31. The van der Waals surface area contributed by atoms with Gasteiger partial charge in [0.2, 0.25) is 5.91 Å². The number of carbonyl (C=O) groups is 2. The van der Waals surface area contributed by atoms with Gasteiger partial charge in [-0.3, -0.25) is 9.59 Å². The smallest absolute Gasteiger partial charge is 0.356 e. The molecule has 8 heteroatoms. The van der Waals surface area contributed by atoms with Crippen LogP contribution in [0.1, 0.15) is 47.9 Å². The van der Waals surface area contributed by atoms with Gasteiger partial charge in [-0.15, -0.1) is 0 Å². The fourth-order valence-corrected chi connectivity index (χ4v) is 2.85. The Balaban J connectivity index is 2.00. The molecule has 1 saturated heterocycles. The van der Waals surface area contributed by atoms with Crippen molar-refractivity contribution in [1.29, 1.82) is 0 Å². The summed E-state index contributed by atoms with van der Waals surface area (Å²) in [6, 6.07) is 2.00. The molecule has 1 aliphatic heterocycles. The quantitative estimate of drug-likeness (QED) is 0.901. The molecule has 1 aromatic rings.